The van der Waals surface area contributed by atoms with Crippen molar-refractivity contribution in [3.05, 3.63) is 17.8 Å². The minimum atomic E-state index is -4.68. The summed E-state index contributed by atoms with van der Waals surface area (Å²) in [7, 11) is 0. The summed E-state index contributed by atoms with van der Waals surface area (Å²) in [5.41, 5.74) is 4.96. The normalized spacial score (nSPS) is 13.9. The molecule has 0 aliphatic heterocycles. The topological polar surface area (TPSA) is 89.4 Å². The van der Waals surface area contributed by atoms with E-state index in [1.54, 1.807) is 0 Å². The van der Waals surface area contributed by atoms with Crippen molar-refractivity contribution in [3.63, 3.8) is 0 Å². The van der Waals surface area contributed by atoms with E-state index in [1.165, 1.54) is 0 Å². The van der Waals surface area contributed by atoms with Crippen molar-refractivity contribution in [2.75, 3.05) is 0 Å². The van der Waals surface area contributed by atoms with Gasteiger partial charge in [-0.2, -0.15) is 13.2 Å². The van der Waals surface area contributed by atoms with Crippen LogP contribution in [0.25, 0.3) is 0 Å². The lowest BCUT2D eigenvalue weighted by Crippen LogP contribution is -2.32. The Bertz CT molecular complexity index is 361. The number of carboxylic acid groups (broad SMARTS) is 1. The zero-order valence-electron chi connectivity index (χ0n) is 7.28. The lowest BCUT2D eigenvalue weighted by atomic mass is 10.2. The first-order valence-electron chi connectivity index (χ1n) is 3.80. The van der Waals surface area contributed by atoms with Gasteiger partial charge in [-0.3, -0.25) is 4.79 Å². The predicted molar refractivity (Wildman–Crippen MR) is 40.8 cm³/mol. The third kappa shape index (κ3) is 2.94. The van der Waals surface area contributed by atoms with E-state index in [4.69, 9.17) is 10.8 Å². The second-order valence-electron chi connectivity index (χ2n) is 2.79. The summed E-state index contributed by atoms with van der Waals surface area (Å²) in [5, 5.41) is 8.40. The van der Waals surface area contributed by atoms with Crippen LogP contribution < -0.4 is 5.73 Å². The van der Waals surface area contributed by atoms with Crippen molar-refractivity contribution < 1.29 is 27.5 Å². The maximum Gasteiger partial charge on any atom is 0.468 e. The number of nitrogens with two attached hydrogens (primary N) is 1. The van der Waals surface area contributed by atoms with E-state index in [2.05, 4.69) is 9.40 Å². The van der Waals surface area contributed by atoms with E-state index in [-0.39, 0.29) is 12.1 Å². The highest BCUT2D eigenvalue weighted by Crippen LogP contribution is 2.28. The molecule has 1 rings (SSSR count). The number of oxazole rings is 1. The minimum Gasteiger partial charge on any atom is -0.480 e. The molecule has 0 amide bonds. The molecule has 1 aromatic rings. The number of hydrogen-bond acceptors (Lipinski definition) is 4. The van der Waals surface area contributed by atoms with E-state index >= 15 is 0 Å². The number of halogens is 3. The monoisotopic (exact) mass is 224 g/mol. The van der Waals surface area contributed by atoms with Gasteiger partial charge in [0, 0.05) is 6.42 Å². The molecule has 3 N–H and O–H groups in total. The van der Waals surface area contributed by atoms with Gasteiger partial charge in [-0.25, -0.2) is 4.98 Å². The van der Waals surface area contributed by atoms with E-state index in [0.29, 0.717) is 0 Å². The molecule has 84 valence electrons. The molecule has 0 saturated heterocycles. The Kier molecular flexibility index (Phi) is 2.98. The molecular weight excluding hydrogens is 217 g/mol. The van der Waals surface area contributed by atoms with Gasteiger partial charge in [-0.05, 0) is 0 Å². The van der Waals surface area contributed by atoms with Crippen LogP contribution in [0.2, 0.25) is 0 Å². The molecule has 1 heterocycles. The SMILES string of the molecule is NC(Cc1coc(C(F)(F)F)n1)C(=O)O. The molecule has 0 radical (unpaired) electrons. The van der Waals surface area contributed by atoms with Gasteiger partial charge in [0.05, 0.1) is 5.69 Å². The maximum atomic E-state index is 12.0. The van der Waals surface area contributed by atoms with Gasteiger partial charge in [0.1, 0.15) is 12.3 Å². The first kappa shape index (κ1) is 11.5. The second-order valence-corrected chi connectivity index (χ2v) is 2.79. The van der Waals surface area contributed by atoms with Crippen LogP contribution in [0.15, 0.2) is 10.7 Å². The van der Waals surface area contributed by atoms with Crippen molar-refractivity contribution in [3.8, 4) is 0 Å². The highest BCUT2D eigenvalue weighted by Gasteiger charge is 2.37. The van der Waals surface area contributed by atoms with Crippen LogP contribution in [-0.2, 0) is 17.4 Å². The summed E-state index contributed by atoms with van der Waals surface area (Å²) in [4.78, 5) is 13.4. The molecule has 0 saturated carbocycles. The van der Waals surface area contributed by atoms with Crippen LogP contribution in [0.1, 0.15) is 11.6 Å². The fraction of sp³-hybridized carbons (Fsp3) is 0.429. The first-order valence-corrected chi connectivity index (χ1v) is 3.80. The molecule has 0 fully saturated rings. The number of carboxylic acids is 1. The molecule has 0 aliphatic rings. The van der Waals surface area contributed by atoms with Gasteiger partial charge in [-0.15, -0.1) is 0 Å². The van der Waals surface area contributed by atoms with Crippen molar-refractivity contribution in [2.45, 2.75) is 18.6 Å². The summed E-state index contributed by atoms with van der Waals surface area (Å²) >= 11 is 0. The molecule has 1 unspecified atom stereocenters. The number of aromatic nitrogens is 1. The first-order chi connectivity index (χ1) is 6.80. The molecule has 0 aromatic carbocycles. The second kappa shape index (κ2) is 3.89. The van der Waals surface area contributed by atoms with E-state index in [9.17, 15) is 18.0 Å². The summed E-state index contributed by atoms with van der Waals surface area (Å²) in [6.45, 7) is 0. The quantitative estimate of drug-likeness (QED) is 0.786. The van der Waals surface area contributed by atoms with Gasteiger partial charge in [0.15, 0.2) is 0 Å². The van der Waals surface area contributed by atoms with Gasteiger partial charge >= 0.3 is 18.0 Å². The zero-order valence-corrected chi connectivity index (χ0v) is 7.28. The Hall–Kier alpha value is -1.57. The zero-order chi connectivity index (χ0) is 11.6. The Balaban J connectivity index is 2.73. The standard InChI is InChI=1S/C7H7F3N2O3/c8-7(9,10)6-12-3(2-15-6)1-4(11)5(13)14/h2,4H,1,11H2,(H,13,14). The number of hydrogen-bond donors (Lipinski definition) is 2. The van der Waals surface area contributed by atoms with Crippen molar-refractivity contribution in [1.82, 2.24) is 4.98 Å². The maximum absolute atomic E-state index is 12.0. The average molecular weight is 224 g/mol. The Morgan fingerprint density at radius 2 is 2.27 bits per heavy atom. The van der Waals surface area contributed by atoms with E-state index < -0.39 is 24.1 Å². The Morgan fingerprint density at radius 1 is 1.67 bits per heavy atom. The summed E-state index contributed by atoms with van der Waals surface area (Å²) < 4.78 is 40.1. The van der Waals surface area contributed by atoms with Crippen molar-refractivity contribution >= 4 is 5.97 Å². The van der Waals surface area contributed by atoms with Crippen LogP contribution in [0.3, 0.4) is 0 Å². The van der Waals surface area contributed by atoms with Crippen LogP contribution in [0.5, 0.6) is 0 Å². The molecule has 15 heavy (non-hydrogen) atoms. The summed E-state index contributed by atoms with van der Waals surface area (Å²) in [6, 6.07) is -1.30. The van der Waals surface area contributed by atoms with E-state index in [0.717, 1.165) is 6.26 Å². The number of aliphatic carboxylic acids is 1. The molecule has 8 heteroatoms. The third-order valence-electron chi connectivity index (χ3n) is 1.54. The minimum absolute atomic E-state index is 0.141. The van der Waals surface area contributed by atoms with Crippen LogP contribution in [-0.4, -0.2) is 22.1 Å². The summed E-state index contributed by atoms with van der Waals surface area (Å²) in [5.74, 6) is -2.72. The highest BCUT2D eigenvalue weighted by atomic mass is 19.4. The van der Waals surface area contributed by atoms with E-state index in [1.807, 2.05) is 0 Å². The third-order valence-corrected chi connectivity index (χ3v) is 1.54. The molecule has 1 atom stereocenters. The Morgan fingerprint density at radius 3 is 2.67 bits per heavy atom. The highest BCUT2D eigenvalue weighted by molar-refractivity contribution is 5.73. The molecular formula is C7H7F3N2O3. The lowest BCUT2D eigenvalue weighted by Gasteiger charge is -2.01. The molecule has 5 nitrogen and oxygen atoms in total. The number of nitrogens with zero attached hydrogens (tertiary/aromatic N) is 1. The Labute approximate surface area is 81.7 Å². The van der Waals surface area contributed by atoms with Gasteiger partial charge < -0.3 is 15.3 Å². The fourth-order valence-electron chi connectivity index (χ4n) is 0.844. The van der Waals surface area contributed by atoms with Crippen LogP contribution in [0.4, 0.5) is 13.2 Å². The van der Waals surface area contributed by atoms with Gasteiger partial charge in [-0.1, -0.05) is 0 Å². The van der Waals surface area contributed by atoms with Crippen molar-refractivity contribution in [2.24, 2.45) is 5.73 Å². The van der Waals surface area contributed by atoms with Crippen LogP contribution in [0, 0.1) is 0 Å². The predicted octanol–water partition coefficient (Wildman–Crippen LogP) is 0.648. The van der Waals surface area contributed by atoms with Crippen molar-refractivity contribution in [1.29, 1.82) is 0 Å². The average Bonchev–Trinajstić information content (AvgIpc) is 2.51. The van der Waals surface area contributed by atoms with Gasteiger partial charge in [0.2, 0.25) is 0 Å². The number of rotatable bonds is 3. The van der Waals surface area contributed by atoms with Crippen LogP contribution >= 0.6 is 0 Å². The number of carbonyl (C=O) groups is 1. The molecule has 0 bridgehead atoms. The molecule has 0 spiro atoms. The molecule has 0 aliphatic carbocycles. The largest absolute Gasteiger partial charge is 0.480 e. The number of alkyl halides is 3. The van der Waals surface area contributed by atoms with Gasteiger partial charge in [0.25, 0.3) is 0 Å². The fourth-order valence-corrected chi connectivity index (χ4v) is 0.844. The molecule has 1 aromatic heterocycles. The lowest BCUT2D eigenvalue weighted by molar-refractivity contribution is -0.157. The smallest absolute Gasteiger partial charge is 0.468 e. The summed E-state index contributed by atoms with van der Waals surface area (Å²) in [6.07, 6.45) is -4.24.